The van der Waals surface area contributed by atoms with E-state index in [-0.39, 0.29) is 17.4 Å². The number of aryl methyl sites for hydroxylation is 1. The van der Waals surface area contributed by atoms with Gasteiger partial charge < -0.3 is 19.5 Å². The smallest absolute Gasteiger partial charge is 0.295 e. The van der Waals surface area contributed by atoms with Crippen LogP contribution in [0.5, 0.6) is 5.75 Å². The number of benzene rings is 1. The molecular weight excluding hydrogens is 390 g/mol. The van der Waals surface area contributed by atoms with E-state index in [4.69, 9.17) is 9.47 Å². The van der Waals surface area contributed by atoms with Crippen LogP contribution in [0.2, 0.25) is 0 Å². The number of ether oxygens (including phenoxy) is 2. The molecule has 2 saturated heterocycles. The first-order valence-corrected chi connectivity index (χ1v) is 10.5. The Bertz CT molecular complexity index is 960. The molecule has 1 aromatic carbocycles. The number of aliphatic hydroxyl groups excluding tert-OH is 1. The second-order valence-electron chi connectivity index (χ2n) is 7.31. The first kappa shape index (κ1) is 19.7. The minimum Gasteiger partial charge on any atom is -0.507 e. The van der Waals surface area contributed by atoms with Gasteiger partial charge in [0.25, 0.3) is 11.7 Å². The highest BCUT2D eigenvalue weighted by Crippen LogP contribution is 2.42. The molecule has 2 aliphatic rings. The van der Waals surface area contributed by atoms with E-state index < -0.39 is 17.7 Å². The van der Waals surface area contributed by atoms with Crippen LogP contribution in [-0.4, -0.2) is 48.1 Å². The molecule has 2 unspecified atom stereocenters. The van der Waals surface area contributed by atoms with Gasteiger partial charge in [0, 0.05) is 18.0 Å². The molecule has 0 spiro atoms. The van der Waals surface area contributed by atoms with Crippen LogP contribution in [0.25, 0.3) is 5.76 Å². The molecule has 0 saturated carbocycles. The van der Waals surface area contributed by atoms with E-state index in [0.29, 0.717) is 24.5 Å². The predicted octanol–water partition coefficient (Wildman–Crippen LogP) is 3.67. The number of methoxy groups -OCH3 is 1. The number of aliphatic hydroxyl groups is 1. The fourth-order valence-electron chi connectivity index (χ4n) is 3.97. The number of carbonyl (C=O) groups is 2. The van der Waals surface area contributed by atoms with Crippen molar-refractivity contribution in [2.75, 3.05) is 20.3 Å². The summed E-state index contributed by atoms with van der Waals surface area (Å²) in [6, 6.07) is 8.48. The van der Waals surface area contributed by atoms with Gasteiger partial charge in [0.2, 0.25) is 0 Å². The van der Waals surface area contributed by atoms with Crippen LogP contribution >= 0.6 is 11.3 Å². The molecule has 1 N–H and O–H groups in total. The van der Waals surface area contributed by atoms with E-state index in [2.05, 4.69) is 0 Å². The molecule has 2 atom stereocenters. The molecule has 7 heteroatoms. The fraction of sp³-hybridized carbons (Fsp3) is 0.364. The van der Waals surface area contributed by atoms with Crippen LogP contribution in [-0.2, 0) is 14.3 Å². The largest absolute Gasteiger partial charge is 0.507 e. The Morgan fingerprint density at radius 1 is 1.34 bits per heavy atom. The lowest BCUT2D eigenvalue weighted by atomic mass is 9.98. The summed E-state index contributed by atoms with van der Waals surface area (Å²) in [5.41, 5.74) is 1.41. The molecule has 152 valence electrons. The Labute approximate surface area is 173 Å². The van der Waals surface area contributed by atoms with Crippen molar-refractivity contribution >= 4 is 28.8 Å². The lowest BCUT2D eigenvalue weighted by Gasteiger charge is -2.26. The summed E-state index contributed by atoms with van der Waals surface area (Å²) < 4.78 is 11.1. The first-order chi connectivity index (χ1) is 14.0. The fourth-order valence-corrected chi connectivity index (χ4v) is 4.82. The van der Waals surface area contributed by atoms with Gasteiger partial charge in [0.05, 0.1) is 30.4 Å². The minimum atomic E-state index is -0.678. The number of hydrogen-bond acceptors (Lipinski definition) is 6. The van der Waals surface area contributed by atoms with Crippen LogP contribution in [0, 0.1) is 6.92 Å². The summed E-state index contributed by atoms with van der Waals surface area (Å²) in [4.78, 5) is 28.3. The molecule has 29 heavy (non-hydrogen) atoms. The number of nitrogens with zero attached hydrogens (tertiary/aromatic N) is 1. The second kappa shape index (κ2) is 8.00. The molecule has 6 nitrogen and oxygen atoms in total. The molecule has 2 aliphatic heterocycles. The molecule has 0 radical (unpaired) electrons. The Hall–Kier alpha value is -2.64. The topological polar surface area (TPSA) is 76.1 Å². The standard InChI is InChI=1S/C22H23NO5S/c1-13-7-8-16(27-2)15(11-13)20(24)18-19(17-6-4-10-29-17)23(22(26)21(18)25)12-14-5-3-9-28-14/h4,6-8,10-11,14,19,24H,3,5,9,12H2,1-2H3/b20-18-. The molecule has 1 amide bonds. The Kier molecular flexibility index (Phi) is 5.43. The van der Waals surface area contributed by atoms with Crippen molar-refractivity contribution in [3.63, 3.8) is 0 Å². The summed E-state index contributed by atoms with van der Waals surface area (Å²) in [6.45, 7) is 2.89. The first-order valence-electron chi connectivity index (χ1n) is 9.59. The third-order valence-corrected chi connectivity index (χ3v) is 6.31. The zero-order chi connectivity index (χ0) is 20.5. The highest BCUT2D eigenvalue weighted by molar-refractivity contribution is 7.10. The Morgan fingerprint density at radius 3 is 2.83 bits per heavy atom. The van der Waals surface area contributed by atoms with E-state index in [1.807, 2.05) is 30.5 Å². The maximum absolute atomic E-state index is 13.0. The quantitative estimate of drug-likeness (QED) is 0.460. The monoisotopic (exact) mass is 413 g/mol. The van der Waals surface area contributed by atoms with Gasteiger partial charge in [-0.1, -0.05) is 17.7 Å². The van der Waals surface area contributed by atoms with E-state index in [9.17, 15) is 14.7 Å². The van der Waals surface area contributed by atoms with E-state index in [1.165, 1.54) is 23.3 Å². The molecule has 2 aromatic rings. The highest BCUT2D eigenvalue weighted by atomic mass is 32.1. The SMILES string of the molecule is COc1ccc(C)cc1/C(O)=C1/C(=O)C(=O)N(CC2CCCO2)C1c1cccs1. The zero-order valence-electron chi connectivity index (χ0n) is 16.4. The average Bonchev–Trinajstić information content (AvgIpc) is 3.46. The Morgan fingerprint density at radius 2 is 2.17 bits per heavy atom. The number of likely N-dealkylation sites (tertiary alicyclic amines) is 1. The van der Waals surface area contributed by atoms with Gasteiger partial charge in [-0.25, -0.2) is 0 Å². The molecule has 4 rings (SSSR count). The minimum absolute atomic E-state index is 0.0933. The third-order valence-electron chi connectivity index (χ3n) is 5.39. The molecule has 0 bridgehead atoms. The second-order valence-corrected chi connectivity index (χ2v) is 8.28. The van der Waals surface area contributed by atoms with Crippen molar-refractivity contribution < 1.29 is 24.2 Å². The summed E-state index contributed by atoms with van der Waals surface area (Å²) in [5.74, 6) is -1.05. The van der Waals surface area contributed by atoms with Crippen LogP contribution < -0.4 is 4.74 Å². The maximum Gasteiger partial charge on any atom is 0.295 e. The normalized spacial score (nSPS) is 23.7. The molecule has 1 aromatic heterocycles. The number of Topliss-reactive ketones (excluding diaryl/α,β-unsaturated/α-hetero) is 1. The van der Waals surface area contributed by atoms with Gasteiger partial charge in [0.15, 0.2) is 0 Å². The molecule has 0 aliphatic carbocycles. The number of amides is 1. The number of hydrogen-bond donors (Lipinski definition) is 1. The van der Waals surface area contributed by atoms with Gasteiger partial charge in [-0.3, -0.25) is 9.59 Å². The molecule has 2 fully saturated rings. The van der Waals surface area contributed by atoms with Gasteiger partial charge in [-0.05, 0) is 43.3 Å². The number of ketones is 1. The van der Waals surface area contributed by atoms with Crippen molar-refractivity contribution in [3.8, 4) is 5.75 Å². The number of carbonyl (C=O) groups excluding carboxylic acids is 2. The van der Waals surface area contributed by atoms with Crippen LogP contribution in [0.4, 0.5) is 0 Å². The van der Waals surface area contributed by atoms with E-state index >= 15 is 0 Å². The van der Waals surface area contributed by atoms with E-state index in [1.54, 1.807) is 12.1 Å². The zero-order valence-corrected chi connectivity index (χ0v) is 17.2. The van der Waals surface area contributed by atoms with Crippen molar-refractivity contribution in [1.29, 1.82) is 0 Å². The molecular formula is C22H23NO5S. The lowest BCUT2D eigenvalue weighted by molar-refractivity contribution is -0.140. The van der Waals surface area contributed by atoms with Gasteiger partial charge >= 0.3 is 0 Å². The van der Waals surface area contributed by atoms with Gasteiger partial charge in [0.1, 0.15) is 11.5 Å². The lowest BCUT2D eigenvalue weighted by Crippen LogP contribution is -2.36. The summed E-state index contributed by atoms with van der Waals surface area (Å²) >= 11 is 1.45. The summed E-state index contributed by atoms with van der Waals surface area (Å²) in [6.07, 6.45) is 1.70. The summed E-state index contributed by atoms with van der Waals surface area (Å²) in [7, 11) is 1.51. The van der Waals surface area contributed by atoms with Crippen molar-refractivity contribution in [1.82, 2.24) is 4.90 Å². The highest BCUT2D eigenvalue weighted by Gasteiger charge is 2.47. The average molecular weight is 413 g/mol. The van der Waals surface area contributed by atoms with Crippen molar-refractivity contribution in [3.05, 3.63) is 57.3 Å². The number of thiophene rings is 1. The number of rotatable bonds is 5. The molecule has 3 heterocycles. The van der Waals surface area contributed by atoms with Crippen molar-refractivity contribution in [2.24, 2.45) is 0 Å². The van der Waals surface area contributed by atoms with Gasteiger partial charge in [-0.2, -0.15) is 0 Å². The van der Waals surface area contributed by atoms with Gasteiger partial charge in [-0.15, -0.1) is 11.3 Å². The van der Waals surface area contributed by atoms with Crippen LogP contribution in [0.15, 0.2) is 41.3 Å². The predicted molar refractivity (Wildman–Crippen MR) is 110 cm³/mol. The Balaban J connectivity index is 1.84. The maximum atomic E-state index is 13.0. The van der Waals surface area contributed by atoms with Crippen LogP contribution in [0.3, 0.4) is 0 Å². The third kappa shape index (κ3) is 3.56. The van der Waals surface area contributed by atoms with Crippen molar-refractivity contribution in [2.45, 2.75) is 31.9 Å². The van der Waals surface area contributed by atoms with E-state index in [0.717, 1.165) is 23.3 Å². The van der Waals surface area contributed by atoms with Crippen LogP contribution in [0.1, 0.15) is 34.9 Å². The summed E-state index contributed by atoms with van der Waals surface area (Å²) in [5, 5.41) is 13.1.